The van der Waals surface area contributed by atoms with Gasteiger partial charge in [0.1, 0.15) is 6.61 Å². The highest BCUT2D eigenvalue weighted by Gasteiger charge is 2.11. The van der Waals surface area contributed by atoms with E-state index in [-0.39, 0.29) is 0 Å². The zero-order valence-corrected chi connectivity index (χ0v) is 8.27. The zero-order valence-electron chi connectivity index (χ0n) is 6.76. The van der Waals surface area contributed by atoms with Crippen molar-refractivity contribution in [1.29, 1.82) is 0 Å². The van der Waals surface area contributed by atoms with Crippen LogP contribution in [-0.2, 0) is 4.74 Å². The number of aliphatic imine (C=N–C) groups is 1. The molecule has 13 heavy (non-hydrogen) atoms. The smallest absolute Gasteiger partial charge is 0.216 e. The highest BCUT2D eigenvalue weighted by Crippen LogP contribution is 2.23. The summed E-state index contributed by atoms with van der Waals surface area (Å²) in [6, 6.07) is 5.34. The summed E-state index contributed by atoms with van der Waals surface area (Å²) >= 11 is 11.6. The maximum Gasteiger partial charge on any atom is 0.216 e. The van der Waals surface area contributed by atoms with Crippen LogP contribution in [0.3, 0.4) is 0 Å². The summed E-state index contributed by atoms with van der Waals surface area (Å²) in [4.78, 5) is 4.17. The average molecular weight is 216 g/mol. The van der Waals surface area contributed by atoms with Gasteiger partial charge < -0.3 is 4.74 Å². The fourth-order valence-corrected chi connectivity index (χ4v) is 1.44. The molecule has 1 heterocycles. The average Bonchev–Trinajstić information content (AvgIpc) is 2.62. The van der Waals surface area contributed by atoms with Crippen LogP contribution in [0.1, 0.15) is 5.56 Å². The van der Waals surface area contributed by atoms with Crippen LogP contribution in [0.5, 0.6) is 0 Å². The molecule has 0 fully saturated rings. The van der Waals surface area contributed by atoms with Gasteiger partial charge in [-0.3, -0.25) is 0 Å². The molecule has 1 aliphatic heterocycles. The quantitative estimate of drug-likeness (QED) is 0.707. The molecule has 0 saturated carbocycles. The van der Waals surface area contributed by atoms with E-state index >= 15 is 0 Å². The second kappa shape index (κ2) is 3.56. The topological polar surface area (TPSA) is 21.6 Å². The molecule has 0 aromatic heterocycles. The molecule has 4 heteroatoms. The molecule has 0 spiro atoms. The van der Waals surface area contributed by atoms with Crippen molar-refractivity contribution < 1.29 is 4.74 Å². The first kappa shape index (κ1) is 8.85. The van der Waals surface area contributed by atoms with Crippen molar-refractivity contribution >= 4 is 29.1 Å². The molecule has 1 aliphatic rings. The Morgan fingerprint density at radius 1 is 1.23 bits per heavy atom. The standard InChI is InChI=1S/C9H7Cl2NO/c10-7-2-1-6(5-8(7)11)9-12-3-4-13-9/h1-2,5H,3-4H2. The van der Waals surface area contributed by atoms with E-state index in [1.54, 1.807) is 12.1 Å². The summed E-state index contributed by atoms with van der Waals surface area (Å²) in [5.41, 5.74) is 0.881. The van der Waals surface area contributed by atoms with E-state index in [4.69, 9.17) is 27.9 Å². The molecule has 0 unspecified atom stereocenters. The van der Waals surface area contributed by atoms with Crippen molar-refractivity contribution in [3.63, 3.8) is 0 Å². The zero-order chi connectivity index (χ0) is 9.26. The van der Waals surface area contributed by atoms with Gasteiger partial charge in [-0.2, -0.15) is 0 Å². The van der Waals surface area contributed by atoms with Crippen molar-refractivity contribution in [3.8, 4) is 0 Å². The van der Waals surface area contributed by atoms with Crippen LogP contribution < -0.4 is 0 Å². The van der Waals surface area contributed by atoms with Gasteiger partial charge >= 0.3 is 0 Å². The van der Waals surface area contributed by atoms with Gasteiger partial charge in [-0.25, -0.2) is 4.99 Å². The molecule has 0 amide bonds. The first-order valence-electron chi connectivity index (χ1n) is 3.90. The first-order chi connectivity index (χ1) is 6.27. The molecule has 0 bridgehead atoms. The molecule has 0 N–H and O–H groups in total. The van der Waals surface area contributed by atoms with E-state index < -0.39 is 0 Å². The Balaban J connectivity index is 2.36. The van der Waals surface area contributed by atoms with E-state index in [0.29, 0.717) is 22.5 Å². The molecule has 2 nitrogen and oxygen atoms in total. The first-order valence-corrected chi connectivity index (χ1v) is 4.65. The number of benzene rings is 1. The third kappa shape index (κ3) is 1.79. The highest BCUT2D eigenvalue weighted by molar-refractivity contribution is 6.42. The summed E-state index contributed by atoms with van der Waals surface area (Å²) in [5, 5.41) is 1.07. The van der Waals surface area contributed by atoms with Gasteiger partial charge in [0.25, 0.3) is 0 Å². The minimum absolute atomic E-state index is 0.525. The Morgan fingerprint density at radius 3 is 2.69 bits per heavy atom. The predicted octanol–water partition coefficient (Wildman–Crippen LogP) is 2.77. The maximum absolute atomic E-state index is 5.85. The molecule has 0 atom stereocenters. The summed E-state index contributed by atoms with van der Waals surface area (Å²) in [5.74, 6) is 0.651. The minimum Gasteiger partial charge on any atom is -0.476 e. The lowest BCUT2D eigenvalue weighted by Gasteiger charge is -2.02. The van der Waals surface area contributed by atoms with Gasteiger partial charge in [-0.05, 0) is 18.2 Å². The van der Waals surface area contributed by atoms with E-state index in [2.05, 4.69) is 4.99 Å². The van der Waals surface area contributed by atoms with Crippen LogP contribution in [0.15, 0.2) is 23.2 Å². The second-order valence-corrected chi connectivity index (χ2v) is 3.48. The Morgan fingerprint density at radius 2 is 2.08 bits per heavy atom. The fourth-order valence-electron chi connectivity index (χ4n) is 1.14. The lowest BCUT2D eigenvalue weighted by molar-refractivity contribution is 0.348. The minimum atomic E-state index is 0.525. The Kier molecular flexibility index (Phi) is 2.42. The Hall–Kier alpha value is -0.730. The summed E-state index contributed by atoms with van der Waals surface area (Å²) in [6.07, 6.45) is 0. The number of nitrogens with zero attached hydrogens (tertiary/aromatic N) is 1. The predicted molar refractivity (Wildman–Crippen MR) is 53.8 cm³/mol. The van der Waals surface area contributed by atoms with Crippen molar-refractivity contribution in [1.82, 2.24) is 0 Å². The van der Waals surface area contributed by atoms with Gasteiger partial charge in [0.05, 0.1) is 16.6 Å². The van der Waals surface area contributed by atoms with Crippen LogP contribution >= 0.6 is 23.2 Å². The third-order valence-corrected chi connectivity index (χ3v) is 2.49. The monoisotopic (exact) mass is 215 g/mol. The second-order valence-electron chi connectivity index (χ2n) is 2.66. The number of hydrogen-bond acceptors (Lipinski definition) is 2. The Bertz CT molecular complexity index is 363. The molecule has 0 radical (unpaired) electrons. The van der Waals surface area contributed by atoms with E-state index in [1.165, 1.54) is 0 Å². The van der Waals surface area contributed by atoms with Crippen LogP contribution in [0.2, 0.25) is 10.0 Å². The molecule has 1 aromatic rings. The van der Waals surface area contributed by atoms with E-state index in [1.807, 2.05) is 6.07 Å². The van der Waals surface area contributed by atoms with Crippen LogP contribution in [0.4, 0.5) is 0 Å². The maximum atomic E-state index is 5.85. The molecule has 68 valence electrons. The Labute approximate surface area is 86.1 Å². The molecule has 0 saturated heterocycles. The van der Waals surface area contributed by atoms with E-state index in [9.17, 15) is 0 Å². The summed E-state index contributed by atoms with van der Waals surface area (Å²) in [6.45, 7) is 1.37. The molecule has 0 aliphatic carbocycles. The molecular formula is C9H7Cl2NO. The summed E-state index contributed by atoms with van der Waals surface area (Å²) < 4.78 is 5.28. The van der Waals surface area contributed by atoms with Crippen molar-refractivity contribution in [3.05, 3.63) is 33.8 Å². The number of halogens is 2. The number of hydrogen-bond donors (Lipinski definition) is 0. The van der Waals surface area contributed by atoms with Gasteiger partial charge in [0, 0.05) is 5.56 Å². The largest absolute Gasteiger partial charge is 0.476 e. The molecule has 1 aromatic carbocycles. The van der Waals surface area contributed by atoms with Crippen LogP contribution in [0, 0.1) is 0 Å². The summed E-state index contributed by atoms with van der Waals surface area (Å²) in [7, 11) is 0. The van der Waals surface area contributed by atoms with Gasteiger partial charge in [0.2, 0.25) is 5.90 Å². The van der Waals surface area contributed by atoms with Crippen molar-refractivity contribution in [2.45, 2.75) is 0 Å². The SMILES string of the molecule is Clc1ccc(C2=NCCO2)cc1Cl. The van der Waals surface area contributed by atoms with Gasteiger partial charge in [-0.1, -0.05) is 23.2 Å². The normalized spacial score (nSPS) is 15.4. The number of rotatable bonds is 1. The van der Waals surface area contributed by atoms with E-state index in [0.717, 1.165) is 12.1 Å². The van der Waals surface area contributed by atoms with Crippen molar-refractivity contribution in [2.24, 2.45) is 4.99 Å². The van der Waals surface area contributed by atoms with Crippen molar-refractivity contribution in [2.75, 3.05) is 13.2 Å². The van der Waals surface area contributed by atoms with Gasteiger partial charge in [-0.15, -0.1) is 0 Å². The number of ether oxygens (including phenoxy) is 1. The third-order valence-electron chi connectivity index (χ3n) is 1.75. The van der Waals surface area contributed by atoms with Crippen LogP contribution in [0.25, 0.3) is 0 Å². The lowest BCUT2D eigenvalue weighted by Crippen LogP contribution is -2.00. The van der Waals surface area contributed by atoms with Crippen LogP contribution in [-0.4, -0.2) is 19.0 Å². The lowest BCUT2D eigenvalue weighted by atomic mass is 10.2. The highest BCUT2D eigenvalue weighted by atomic mass is 35.5. The molecule has 2 rings (SSSR count). The fraction of sp³-hybridized carbons (Fsp3) is 0.222. The van der Waals surface area contributed by atoms with Gasteiger partial charge in [0.15, 0.2) is 0 Å². The molecular weight excluding hydrogens is 209 g/mol.